The van der Waals surface area contributed by atoms with Gasteiger partial charge in [-0.2, -0.15) is 5.10 Å². The third-order valence-electron chi connectivity index (χ3n) is 4.87. The van der Waals surface area contributed by atoms with Crippen LogP contribution in [0.25, 0.3) is 0 Å². The molecule has 1 aliphatic heterocycles. The second-order valence-electron chi connectivity index (χ2n) is 6.08. The molecule has 0 radical (unpaired) electrons. The van der Waals surface area contributed by atoms with Crippen LogP contribution in [0.2, 0.25) is 0 Å². The molecule has 2 aromatic carbocycles. The monoisotopic (exact) mass is 323 g/mol. The molecule has 0 spiro atoms. The summed E-state index contributed by atoms with van der Waals surface area (Å²) in [4.78, 5) is 10.4. The van der Waals surface area contributed by atoms with Gasteiger partial charge in [-0.3, -0.25) is 10.1 Å². The predicted molar refractivity (Wildman–Crippen MR) is 90.3 cm³/mol. The number of hydrazone groups is 1. The first-order valence-corrected chi connectivity index (χ1v) is 7.92. The summed E-state index contributed by atoms with van der Waals surface area (Å²) in [6.07, 6.45) is 1.91. The maximum Gasteiger partial charge on any atom is 0.269 e. The van der Waals surface area contributed by atoms with E-state index in [9.17, 15) is 10.1 Å². The zero-order chi connectivity index (χ0) is 16.7. The molecule has 4 rings (SSSR count). The molecule has 1 N–H and O–H groups in total. The van der Waals surface area contributed by atoms with Crippen LogP contribution in [0.4, 0.5) is 5.69 Å². The summed E-state index contributed by atoms with van der Waals surface area (Å²) in [7, 11) is 1.69. The number of nitro benzene ring substituents is 1. The lowest BCUT2D eigenvalue weighted by molar-refractivity contribution is -0.384. The molecular weight excluding hydrogens is 306 g/mol. The van der Waals surface area contributed by atoms with E-state index in [1.807, 2.05) is 24.3 Å². The zero-order valence-electron chi connectivity index (χ0n) is 13.2. The third-order valence-corrected chi connectivity index (χ3v) is 4.87. The van der Waals surface area contributed by atoms with Crippen molar-refractivity contribution < 1.29 is 9.66 Å². The van der Waals surface area contributed by atoms with E-state index in [0.29, 0.717) is 0 Å². The van der Waals surface area contributed by atoms with E-state index in [1.54, 1.807) is 19.2 Å². The number of fused-ring (bicyclic) bond motifs is 3. The Morgan fingerprint density at radius 3 is 2.75 bits per heavy atom. The van der Waals surface area contributed by atoms with Crippen LogP contribution >= 0.6 is 0 Å². The van der Waals surface area contributed by atoms with Crippen LogP contribution in [-0.2, 0) is 6.42 Å². The number of hydrogen-bond donors (Lipinski definition) is 1. The molecule has 1 heterocycles. The van der Waals surface area contributed by atoms with Crippen molar-refractivity contribution in [1.29, 1.82) is 0 Å². The number of rotatable bonds is 3. The molecule has 24 heavy (non-hydrogen) atoms. The quantitative estimate of drug-likeness (QED) is 0.695. The topological polar surface area (TPSA) is 76.8 Å². The molecular formula is C18H17N3O3. The highest BCUT2D eigenvalue weighted by Crippen LogP contribution is 2.40. The smallest absolute Gasteiger partial charge is 0.269 e. The molecule has 0 bridgehead atoms. The summed E-state index contributed by atoms with van der Waals surface area (Å²) in [5.41, 5.74) is 7.76. The fourth-order valence-corrected chi connectivity index (χ4v) is 3.70. The van der Waals surface area contributed by atoms with Gasteiger partial charge in [0.15, 0.2) is 0 Å². The lowest BCUT2D eigenvalue weighted by Gasteiger charge is -2.27. The normalized spacial score (nSPS) is 21.3. The number of nitrogens with zero attached hydrogens (tertiary/aromatic N) is 2. The van der Waals surface area contributed by atoms with Crippen LogP contribution in [0.1, 0.15) is 29.2 Å². The minimum absolute atomic E-state index is 0.0557. The van der Waals surface area contributed by atoms with Crippen molar-refractivity contribution in [2.75, 3.05) is 7.11 Å². The number of methoxy groups -OCH3 is 1. The molecule has 122 valence electrons. The van der Waals surface area contributed by atoms with Crippen molar-refractivity contribution >= 4 is 11.4 Å². The number of ether oxygens (including phenoxy) is 1. The number of nitro groups is 1. The first-order valence-electron chi connectivity index (χ1n) is 7.92. The summed E-state index contributed by atoms with van der Waals surface area (Å²) in [6.45, 7) is 0. The van der Waals surface area contributed by atoms with Crippen LogP contribution in [0.15, 0.2) is 47.6 Å². The Kier molecular flexibility index (Phi) is 3.45. The highest BCUT2D eigenvalue weighted by molar-refractivity contribution is 6.06. The van der Waals surface area contributed by atoms with Crippen LogP contribution in [0.3, 0.4) is 0 Å². The van der Waals surface area contributed by atoms with Gasteiger partial charge in [0, 0.05) is 29.2 Å². The highest BCUT2D eigenvalue weighted by Gasteiger charge is 2.37. The van der Waals surface area contributed by atoms with E-state index in [1.165, 1.54) is 5.56 Å². The van der Waals surface area contributed by atoms with Gasteiger partial charge < -0.3 is 10.2 Å². The molecule has 0 unspecified atom stereocenters. The maximum atomic E-state index is 10.8. The summed E-state index contributed by atoms with van der Waals surface area (Å²) in [6, 6.07) is 12.8. The van der Waals surface area contributed by atoms with Crippen LogP contribution in [0.5, 0.6) is 5.75 Å². The summed E-state index contributed by atoms with van der Waals surface area (Å²) in [5.74, 6) is 1.18. The largest absolute Gasteiger partial charge is 0.496 e. The van der Waals surface area contributed by atoms with Crippen LogP contribution in [-0.4, -0.2) is 17.7 Å². The van der Waals surface area contributed by atoms with Gasteiger partial charge in [-0.25, -0.2) is 0 Å². The van der Waals surface area contributed by atoms with E-state index >= 15 is 0 Å². The van der Waals surface area contributed by atoms with Crippen LogP contribution < -0.4 is 10.2 Å². The van der Waals surface area contributed by atoms with E-state index in [0.717, 1.165) is 35.4 Å². The molecule has 6 heteroatoms. The summed E-state index contributed by atoms with van der Waals surface area (Å²) >= 11 is 0. The standard InChI is InChI=1S/C18H17N3O3/c1-24-16-4-2-3-14-13(16)9-10-15-17(19-20-18(14)15)11-5-7-12(8-6-11)21(22)23/h2-8,15,17,19H,9-10H2,1H3/t15-,17-/m1/s1. The lowest BCUT2D eigenvalue weighted by atomic mass is 9.77. The van der Waals surface area contributed by atoms with Gasteiger partial charge in [0.2, 0.25) is 0 Å². The number of non-ortho nitro benzene ring substituents is 1. The first kappa shape index (κ1) is 14.7. The Labute approximate surface area is 139 Å². The molecule has 2 aromatic rings. The second-order valence-corrected chi connectivity index (χ2v) is 6.08. The van der Waals surface area contributed by atoms with Gasteiger partial charge in [-0.05, 0) is 24.5 Å². The van der Waals surface area contributed by atoms with Crippen molar-refractivity contribution in [2.24, 2.45) is 11.0 Å². The minimum Gasteiger partial charge on any atom is -0.496 e. The van der Waals surface area contributed by atoms with E-state index in [-0.39, 0.29) is 22.6 Å². The Morgan fingerprint density at radius 1 is 1.25 bits per heavy atom. The predicted octanol–water partition coefficient (Wildman–Crippen LogP) is 3.21. The van der Waals surface area contributed by atoms with E-state index in [4.69, 9.17) is 4.74 Å². The molecule has 0 saturated carbocycles. The second kappa shape index (κ2) is 5.63. The molecule has 0 amide bonds. The average Bonchev–Trinajstić information content (AvgIpc) is 3.05. The SMILES string of the molecule is COc1cccc2c1CC[C@H]1C2=NN[C@@H]1c1ccc([N+](=O)[O-])cc1. The Morgan fingerprint density at radius 2 is 2.04 bits per heavy atom. The van der Waals surface area contributed by atoms with Crippen molar-refractivity contribution in [1.82, 2.24) is 5.43 Å². The molecule has 1 aliphatic carbocycles. The fraction of sp³-hybridized carbons (Fsp3) is 0.278. The van der Waals surface area contributed by atoms with Crippen LogP contribution in [0, 0.1) is 16.0 Å². The Balaban J connectivity index is 1.65. The minimum atomic E-state index is -0.378. The van der Waals surface area contributed by atoms with Gasteiger partial charge in [-0.1, -0.05) is 24.3 Å². The van der Waals surface area contributed by atoms with E-state index < -0.39 is 0 Å². The lowest BCUT2D eigenvalue weighted by Crippen LogP contribution is -2.27. The van der Waals surface area contributed by atoms with Gasteiger partial charge in [0.05, 0.1) is 23.8 Å². The third kappa shape index (κ3) is 2.22. The molecule has 2 aliphatic rings. The molecule has 0 fully saturated rings. The Bertz CT molecular complexity index is 830. The Hall–Kier alpha value is -2.89. The number of hydrogen-bond acceptors (Lipinski definition) is 5. The van der Waals surface area contributed by atoms with E-state index in [2.05, 4.69) is 16.6 Å². The van der Waals surface area contributed by atoms with Gasteiger partial charge in [-0.15, -0.1) is 0 Å². The first-order chi connectivity index (χ1) is 11.7. The van der Waals surface area contributed by atoms with Crippen molar-refractivity contribution in [2.45, 2.75) is 18.9 Å². The number of benzene rings is 2. The fourth-order valence-electron chi connectivity index (χ4n) is 3.70. The maximum absolute atomic E-state index is 10.8. The van der Waals surface area contributed by atoms with Crippen molar-refractivity contribution in [3.63, 3.8) is 0 Å². The molecule has 2 atom stereocenters. The molecule has 0 saturated heterocycles. The van der Waals surface area contributed by atoms with Gasteiger partial charge in [0.25, 0.3) is 5.69 Å². The molecule has 6 nitrogen and oxygen atoms in total. The molecule has 0 aromatic heterocycles. The number of nitrogens with one attached hydrogen (secondary N) is 1. The van der Waals surface area contributed by atoms with Gasteiger partial charge >= 0.3 is 0 Å². The van der Waals surface area contributed by atoms with Crippen molar-refractivity contribution in [3.05, 3.63) is 69.3 Å². The summed E-state index contributed by atoms with van der Waals surface area (Å²) in [5, 5.41) is 15.4. The van der Waals surface area contributed by atoms with Gasteiger partial charge in [0.1, 0.15) is 5.75 Å². The highest BCUT2D eigenvalue weighted by atomic mass is 16.6. The van der Waals surface area contributed by atoms with Crippen molar-refractivity contribution in [3.8, 4) is 5.75 Å². The zero-order valence-corrected chi connectivity index (χ0v) is 13.2. The summed E-state index contributed by atoms with van der Waals surface area (Å²) < 4.78 is 5.47. The average molecular weight is 323 g/mol.